The van der Waals surface area contributed by atoms with Gasteiger partial charge in [-0.3, -0.25) is 4.79 Å². The minimum absolute atomic E-state index is 0.112. The van der Waals surface area contributed by atoms with Gasteiger partial charge in [0, 0.05) is 6.42 Å². The van der Waals surface area contributed by atoms with Gasteiger partial charge in [-0.05, 0) is 19.4 Å². The van der Waals surface area contributed by atoms with Crippen LogP contribution in [0.5, 0.6) is 0 Å². The molecule has 0 bridgehead atoms. The fourth-order valence-corrected chi connectivity index (χ4v) is 2.76. The van der Waals surface area contributed by atoms with Crippen LogP contribution in [-0.2, 0) is 30.2 Å². The van der Waals surface area contributed by atoms with E-state index in [1.54, 1.807) is 38.1 Å². The number of carbonyl (C=O) groups is 2. The third kappa shape index (κ3) is 2.54. The number of aliphatic hydroxyl groups is 1. The lowest BCUT2D eigenvalue weighted by atomic mass is 9.89. The van der Waals surface area contributed by atoms with E-state index in [2.05, 4.69) is 0 Å². The maximum atomic E-state index is 12.5. The Hall–Kier alpha value is -1.76. The van der Waals surface area contributed by atoms with Crippen molar-refractivity contribution in [1.29, 1.82) is 0 Å². The molecule has 6 heteroatoms. The molecule has 22 heavy (non-hydrogen) atoms. The fraction of sp³-hybridized carbons (Fsp3) is 0.500. The fourth-order valence-electron chi connectivity index (χ4n) is 2.76. The summed E-state index contributed by atoms with van der Waals surface area (Å²) < 4.78 is 16.0. The van der Waals surface area contributed by atoms with Crippen LogP contribution in [0.3, 0.4) is 0 Å². The summed E-state index contributed by atoms with van der Waals surface area (Å²) in [5.74, 6) is -2.44. The molecular formula is C16H18O6. The molecule has 1 aromatic rings. The number of cyclic esters (lactones) is 1. The average molecular weight is 306 g/mol. The van der Waals surface area contributed by atoms with Crippen molar-refractivity contribution in [3.05, 3.63) is 35.9 Å². The average Bonchev–Trinajstić information content (AvgIpc) is 2.93. The van der Waals surface area contributed by atoms with E-state index in [1.165, 1.54) is 0 Å². The van der Waals surface area contributed by atoms with Crippen molar-refractivity contribution in [2.75, 3.05) is 6.61 Å². The molecule has 1 N–H and O–H groups in total. The highest BCUT2D eigenvalue weighted by atomic mass is 16.8. The number of Topliss-reactive ketones (excluding diaryl/α,β-unsaturated/α-hetero) is 1. The summed E-state index contributed by atoms with van der Waals surface area (Å²) in [5, 5.41) is 10.5. The van der Waals surface area contributed by atoms with Crippen LogP contribution >= 0.6 is 0 Å². The first-order valence-electron chi connectivity index (χ1n) is 7.15. The first-order chi connectivity index (χ1) is 10.3. The topological polar surface area (TPSA) is 82.1 Å². The molecule has 2 aliphatic heterocycles. The van der Waals surface area contributed by atoms with Crippen molar-refractivity contribution >= 4 is 11.8 Å². The number of ketones is 1. The van der Waals surface area contributed by atoms with Crippen molar-refractivity contribution in [1.82, 2.24) is 0 Å². The molecule has 0 amide bonds. The number of rotatable bonds is 3. The van der Waals surface area contributed by atoms with Crippen molar-refractivity contribution in [3.63, 3.8) is 0 Å². The molecule has 0 radical (unpaired) electrons. The minimum atomic E-state index is -2.16. The molecule has 0 aliphatic carbocycles. The standard InChI is InChI=1S/C16H18O6/c1-15(2)20-9-11(22-15)12-13(17)16(19,14(18)21-12)8-10-6-4-3-5-7-10/h3-7,11-12,19H,8-9H2,1-2H3/t11-,12+,16?/m0/s1. The maximum Gasteiger partial charge on any atom is 0.347 e. The molecule has 2 aliphatic rings. The largest absolute Gasteiger partial charge is 0.449 e. The van der Waals surface area contributed by atoms with Gasteiger partial charge in [-0.1, -0.05) is 30.3 Å². The molecule has 0 saturated carbocycles. The molecule has 118 valence electrons. The summed E-state index contributed by atoms with van der Waals surface area (Å²) >= 11 is 0. The number of ether oxygens (including phenoxy) is 3. The van der Waals surface area contributed by atoms with Crippen LogP contribution in [0.15, 0.2) is 30.3 Å². The summed E-state index contributed by atoms with van der Waals surface area (Å²) in [7, 11) is 0. The van der Waals surface area contributed by atoms with Gasteiger partial charge in [-0.15, -0.1) is 0 Å². The van der Waals surface area contributed by atoms with E-state index in [1.807, 2.05) is 6.07 Å². The summed E-state index contributed by atoms with van der Waals surface area (Å²) in [5.41, 5.74) is -1.48. The molecular weight excluding hydrogens is 288 g/mol. The lowest BCUT2D eigenvalue weighted by Gasteiger charge is -2.20. The number of hydrogen-bond acceptors (Lipinski definition) is 6. The Morgan fingerprint density at radius 3 is 2.50 bits per heavy atom. The Bertz CT molecular complexity index is 596. The molecule has 6 nitrogen and oxygen atoms in total. The summed E-state index contributed by atoms with van der Waals surface area (Å²) in [6.45, 7) is 3.56. The van der Waals surface area contributed by atoms with Gasteiger partial charge >= 0.3 is 5.97 Å². The second kappa shape index (κ2) is 5.15. The van der Waals surface area contributed by atoms with Crippen LogP contribution in [0.25, 0.3) is 0 Å². The number of benzene rings is 1. The van der Waals surface area contributed by atoms with Gasteiger partial charge in [-0.25, -0.2) is 4.79 Å². The molecule has 0 spiro atoms. The van der Waals surface area contributed by atoms with Crippen LogP contribution in [0.4, 0.5) is 0 Å². The summed E-state index contributed by atoms with van der Waals surface area (Å²) in [4.78, 5) is 24.6. The van der Waals surface area contributed by atoms with E-state index in [9.17, 15) is 14.7 Å². The smallest absolute Gasteiger partial charge is 0.347 e. The SMILES string of the molecule is CC1(C)OC[C@@H]([C@H]2OC(=O)C(O)(Cc3ccccc3)C2=O)O1. The Morgan fingerprint density at radius 1 is 1.23 bits per heavy atom. The predicted molar refractivity (Wildman–Crippen MR) is 74.9 cm³/mol. The normalized spacial score (nSPS) is 34.0. The quantitative estimate of drug-likeness (QED) is 0.651. The van der Waals surface area contributed by atoms with E-state index >= 15 is 0 Å². The predicted octanol–water partition coefficient (Wildman–Crippen LogP) is 0.606. The zero-order valence-corrected chi connectivity index (χ0v) is 12.4. The Balaban J connectivity index is 1.79. The van der Waals surface area contributed by atoms with Crippen LogP contribution in [0, 0.1) is 0 Å². The number of esters is 1. The van der Waals surface area contributed by atoms with Crippen LogP contribution in [-0.4, -0.2) is 47.1 Å². The zero-order chi connectivity index (χ0) is 16.0. The van der Waals surface area contributed by atoms with E-state index in [4.69, 9.17) is 14.2 Å². The third-order valence-corrected chi connectivity index (χ3v) is 3.91. The molecule has 1 unspecified atom stereocenters. The minimum Gasteiger partial charge on any atom is -0.449 e. The van der Waals surface area contributed by atoms with Gasteiger partial charge in [0.05, 0.1) is 6.61 Å². The summed E-state index contributed by atoms with van der Waals surface area (Å²) in [6.07, 6.45) is -1.95. The van der Waals surface area contributed by atoms with Gasteiger partial charge in [0.2, 0.25) is 11.4 Å². The molecule has 2 fully saturated rings. The highest BCUT2D eigenvalue weighted by Gasteiger charge is 2.60. The second-order valence-corrected chi connectivity index (χ2v) is 6.08. The van der Waals surface area contributed by atoms with Crippen molar-refractivity contribution in [2.24, 2.45) is 0 Å². The highest BCUT2D eigenvalue weighted by molar-refractivity contribution is 6.14. The van der Waals surface area contributed by atoms with Crippen LogP contribution in [0.1, 0.15) is 19.4 Å². The van der Waals surface area contributed by atoms with Gasteiger partial charge in [-0.2, -0.15) is 0 Å². The van der Waals surface area contributed by atoms with Gasteiger partial charge < -0.3 is 19.3 Å². The number of carbonyl (C=O) groups excluding carboxylic acids is 2. The summed E-state index contributed by atoms with van der Waals surface area (Å²) in [6, 6.07) is 8.85. The maximum absolute atomic E-state index is 12.5. The van der Waals surface area contributed by atoms with Crippen LogP contribution < -0.4 is 0 Å². The monoisotopic (exact) mass is 306 g/mol. The zero-order valence-electron chi connectivity index (χ0n) is 12.4. The first-order valence-corrected chi connectivity index (χ1v) is 7.15. The highest BCUT2D eigenvalue weighted by Crippen LogP contribution is 2.33. The molecule has 2 heterocycles. The molecule has 3 atom stereocenters. The molecule has 3 rings (SSSR count). The van der Waals surface area contributed by atoms with E-state index in [-0.39, 0.29) is 13.0 Å². The molecule has 0 aromatic heterocycles. The lowest BCUT2D eigenvalue weighted by Crippen LogP contribution is -2.47. The number of hydrogen-bond donors (Lipinski definition) is 1. The Kier molecular flexibility index (Phi) is 3.55. The molecule has 2 saturated heterocycles. The van der Waals surface area contributed by atoms with Gasteiger partial charge in [0.25, 0.3) is 0 Å². The van der Waals surface area contributed by atoms with E-state index in [0.717, 1.165) is 0 Å². The van der Waals surface area contributed by atoms with Crippen molar-refractivity contribution < 1.29 is 28.9 Å². The second-order valence-electron chi connectivity index (χ2n) is 6.08. The van der Waals surface area contributed by atoms with Crippen LogP contribution in [0.2, 0.25) is 0 Å². The van der Waals surface area contributed by atoms with Crippen molar-refractivity contribution in [3.8, 4) is 0 Å². The van der Waals surface area contributed by atoms with Crippen molar-refractivity contribution in [2.45, 2.75) is 43.9 Å². The molecule has 1 aromatic carbocycles. The van der Waals surface area contributed by atoms with Gasteiger partial charge in [0.1, 0.15) is 6.10 Å². The first kappa shape index (κ1) is 15.1. The lowest BCUT2D eigenvalue weighted by molar-refractivity contribution is -0.166. The van der Waals surface area contributed by atoms with E-state index in [0.29, 0.717) is 5.56 Å². The van der Waals surface area contributed by atoms with E-state index < -0.39 is 35.3 Å². The van der Waals surface area contributed by atoms with Gasteiger partial charge in [0.15, 0.2) is 11.9 Å². The third-order valence-electron chi connectivity index (χ3n) is 3.91. The Morgan fingerprint density at radius 2 is 1.91 bits per heavy atom. The Labute approximate surface area is 128 Å².